The molecule has 162 valence electrons. The van der Waals surface area contributed by atoms with Gasteiger partial charge < -0.3 is 14.8 Å². The summed E-state index contributed by atoms with van der Waals surface area (Å²) in [5, 5.41) is 2.64. The summed E-state index contributed by atoms with van der Waals surface area (Å²) in [6, 6.07) is 8.58. The van der Waals surface area contributed by atoms with E-state index in [0.717, 1.165) is 42.6 Å². The second kappa shape index (κ2) is 8.78. The van der Waals surface area contributed by atoms with Gasteiger partial charge in [-0.1, -0.05) is 30.3 Å². The SMILES string of the molecule is COC(=O)[C@H](Cc1ccccc1)NC(=O)COC(=O)CC12CC3CC(CC(C3)C1)C2. The van der Waals surface area contributed by atoms with Gasteiger partial charge in [0, 0.05) is 6.42 Å². The minimum Gasteiger partial charge on any atom is -0.467 e. The molecule has 0 unspecified atom stereocenters. The van der Waals surface area contributed by atoms with Gasteiger partial charge in [-0.2, -0.15) is 0 Å². The molecule has 0 heterocycles. The second-order valence-corrected chi connectivity index (χ2v) is 9.59. The van der Waals surface area contributed by atoms with Gasteiger partial charge in [0.25, 0.3) is 5.91 Å². The maximum atomic E-state index is 12.5. The molecule has 6 heteroatoms. The van der Waals surface area contributed by atoms with Gasteiger partial charge in [0.15, 0.2) is 6.61 Å². The quantitative estimate of drug-likeness (QED) is 0.663. The summed E-state index contributed by atoms with van der Waals surface area (Å²) in [4.78, 5) is 36.9. The molecule has 1 aromatic rings. The average molecular weight is 414 g/mol. The summed E-state index contributed by atoms with van der Waals surface area (Å²) in [6.07, 6.45) is 8.09. The van der Waals surface area contributed by atoms with Crippen molar-refractivity contribution in [1.29, 1.82) is 0 Å². The Kier molecular flexibility index (Phi) is 6.11. The third kappa shape index (κ3) is 4.85. The third-order valence-electron chi connectivity index (χ3n) is 7.15. The van der Waals surface area contributed by atoms with Crippen LogP contribution in [-0.4, -0.2) is 37.6 Å². The summed E-state index contributed by atoms with van der Waals surface area (Å²) >= 11 is 0. The van der Waals surface area contributed by atoms with E-state index in [1.165, 1.54) is 26.4 Å². The molecule has 0 aliphatic heterocycles. The third-order valence-corrected chi connectivity index (χ3v) is 7.15. The Balaban J connectivity index is 1.27. The molecule has 4 aliphatic carbocycles. The lowest BCUT2D eigenvalue weighted by molar-refractivity contribution is -0.156. The predicted octanol–water partition coefficient (Wildman–Crippen LogP) is 3.04. The molecule has 0 spiro atoms. The van der Waals surface area contributed by atoms with Crippen molar-refractivity contribution < 1.29 is 23.9 Å². The zero-order chi connectivity index (χ0) is 21.1. The number of methoxy groups -OCH3 is 1. The Morgan fingerprint density at radius 2 is 1.63 bits per heavy atom. The maximum absolute atomic E-state index is 12.5. The van der Waals surface area contributed by atoms with E-state index in [1.807, 2.05) is 30.3 Å². The summed E-state index contributed by atoms with van der Waals surface area (Å²) < 4.78 is 10.1. The maximum Gasteiger partial charge on any atom is 0.328 e. The Morgan fingerprint density at radius 1 is 1.03 bits per heavy atom. The number of carbonyl (C=O) groups is 3. The van der Waals surface area contributed by atoms with Crippen molar-refractivity contribution in [1.82, 2.24) is 5.32 Å². The van der Waals surface area contributed by atoms with Gasteiger partial charge in [-0.05, 0) is 67.3 Å². The van der Waals surface area contributed by atoms with Crippen molar-refractivity contribution in [3.63, 3.8) is 0 Å². The Hall–Kier alpha value is -2.37. The molecule has 0 radical (unpaired) electrons. The van der Waals surface area contributed by atoms with Crippen LogP contribution in [-0.2, 0) is 30.3 Å². The lowest BCUT2D eigenvalue weighted by Gasteiger charge is -2.56. The first-order chi connectivity index (χ1) is 14.4. The first-order valence-electron chi connectivity index (χ1n) is 11.0. The lowest BCUT2D eigenvalue weighted by Crippen LogP contribution is -2.47. The summed E-state index contributed by atoms with van der Waals surface area (Å²) in [6.45, 7) is -0.368. The largest absolute Gasteiger partial charge is 0.467 e. The van der Waals surface area contributed by atoms with Crippen LogP contribution in [0.5, 0.6) is 0 Å². The van der Waals surface area contributed by atoms with Gasteiger partial charge in [-0.15, -0.1) is 0 Å². The average Bonchev–Trinajstić information content (AvgIpc) is 2.70. The number of carbonyl (C=O) groups excluding carboxylic acids is 3. The molecule has 0 aromatic heterocycles. The highest BCUT2D eigenvalue weighted by molar-refractivity contribution is 5.86. The second-order valence-electron chi connectivity index (χ2n) is 9.59. The van der Waals surface area contributed by atoms with Crippen LogP contribution in [0.4, 0.5) is 0 Å². The van der Waals surface area contributed by atoms with Crippen LogP contribution >= 0.6 is 0 Å². The van der Waals surface area contributed by atoms with E-state index < -0.39 is 17.9 Å². The number of esters is 2. The van der Waals surface area contributed by atoms with Crippen LogP contribution in [0.2, 0.25) is 0 Å². The predicted molar refractivity (Wildman–Crippen MR) is 110 cm³/mol. The Labute approximate surface area is 177 Å². The molecular formula is C24H31NO5. The van der Waals surface area contributed by atoms with Gasteiger partial charge >= 0.3 is 11.9 Å². The lowest BCUT2D eigenvalue weighted by atomic mass is 9.49. The molecule has 4 aliphatic rings. The minimum atomic E-state index is -0.813. The molecule has 5 rings (SSSR count). The van der Waals surface area contributed by atoms with Crippen LogP contribution in [0.25, 0.3) is 0 Å². The first-order valence-corrected chi connectivity index (χ1v) is 11.0. The van der Waals surface area contributed by atoms with E-state index in [2.05, 4.69) is 5.32 Å². The van der Waals surface area contributed by atoms with Gasteiger partial charge in [0.1, 0.15) is 6.04 Å². The highest BCUT2D eigenvalue weighted by atomic mass is 16.5. The van der Waals surface area contributed by atoms with E-state index in [0.29, 0.717) is 12.8 Å². The molecule has 1 amide bonds. The Bertz CT molecular complexity index is 755. The molecule has 1 N–H and O–H groups in total. The fraction of sp³-hybridized carbons (Fsp3) is 0.625. The van der Waals surface area contributed by atoms with Gasteiger partial charge in [-0.25, -0.2) is 4.79 Å². The monoisotopic (exact) mass is 413 g/mol. The summed E-state index contributed by atoms with van der Waals surface area (Å²) in [7, 11) is 1.29. The van der Waals surface area contributed by atoms with Crippen LogP contribution < -0.4 is 5.32 Å². The number of amides is 1. The van der Waals surface area contributed by atoms with Crippen molar-refractivity contribution in [3.05, 3.63) is 35.9 Å². The van der Waals surface area contributed by atoms with E-state index in [1.54, 1.807) is 0 Å². The molecule has 4 fully saturated rings. The Morgan fingerprint density at radius 3 is 2.20 bits per heavy atom. The van der Waals surface area contributed by atoms with Crippen LogP contribution in [0.3, 0.4) is 0 Å². The molecule has 0 saturated heterocycles. The van der Waals surface area contributed by atoms with E-state index in [-0.39, 0.29) is 18.0 Å². The van der Waals surface area contributed by atoms with Gasteiger partial charge in [0.2, 0.25) is 0 Å². The molecule has 4 saturated carbocycles. The van der Waals surface area contributed by atoms with Gasteiger partial charge in [-0.3, -0.25) is 9.59 Å². The van der Waals surface area contributed by atoms with Crippen LogP contribution in [0, 0.1) is 23.2 Å². The first kappa shape index (κ1) is 20.9. The highest BCUT2D eigenvalue weighted by Crippen LogP contribution is 2.61. The van der Waals surface area contributed by atoms with Crippen molar-refractivity contribution in [2.24, 2.45) is 23.2 Å². The number of hydrogen-bond donors (Lipinski definition) is 1. The van der Waals surface area contributed by atoms with Crippen molar-refractivity contribution in [2.75, 3.05) is 13.7 Å². The van der Waals surface area contributed by atoms with Gasteiger partial charge in [0.05, 0.1) is 13.5 Å². The molecule has 30 heavy (non-hydrogen) atoms. The zero-order valence-corrected chi connectivity index (χ0v) is 17.6. The summed E-state index contributed by atoms with van der Waals surface area (Å²) in [5.74, 6) is 1.00. The fourth-order valence-corrected chi connectivity index (χ4v) is 6.43. The minimum absolute atomic E-state index is 0.0875. The van der Waals surface area contributed by atoms with Crippen molar-refractivity contribution in [2.45, 2.75) is 57.4 Å². The number of hydrogen-bond acceptors (Lipinski definition) is 5. The smallest absolute Gasteiger partial charge is 0.328 e. The van der Waals surface area contributed by atoms with E-state index in [4.69, 9.17) is 9.47 Å². The molecule has 6 nitrogen and oxygen atoms in total. The van der Waals surface area contributed by atoms with Crippen LogP contribution in [0.15, 0.2) is 30.3 Å². The number of nitrogens with one attached hydrogen (secondary N) is 1. The van der Waals surface area contributed by atoms with E-state index in [9.17, 15) is 14.4 Å². The fourth-order valence-electron chi connectivity index (χ4n) is 6.43. The zero-order valence-electron chi connectivity index (χ0n) is 17.6. The van der Waals surface area contributed by atoms with Crippen molar-refractivity contribution >= 4 is 17.8 Å². The molecular weight excluding hydrogens is 382 g/mol. The highest BCUT2D eigenvalue weighted by Gasteiger charge is 2.51. The van der Waals surface area contributed by atoms with Crippen LogP contribution in [0.1, 0.15) is 50.5 Å². The standard InChI is InChI=1S/C24H31NO5/c1-29-23(28)20(10-16-5-3-2-4-6-16)25-21(26)15-30-22(27)14-24-11-17-7-18(12-24)9-19(8-17)13-24/h2-6,17-20H,7-15H2,1H3,(H,25,26)/t17?,18?,19?,20-,24?/m0/s1. The molecule has 1 aromatic carbocycles. The normalized spacial score (nSPS) is 29.8. The number of benzene rings is 1. The molecule has 4 bridgehead atoms. The topological polar surface area (TPSA) is 81.7 Å². The van der Waals surface area contributed by atoms with E-state index >= 15 is 0 Å². The van der Waals surface area contributed by atoms with Crippen molar-refractivity contribution in [3.8, 4) is 0 Å². The number of rotatable bonds is 8. The summed E-state index contributed by atoms with van der Waals surface area (Å²) in [5.41, 5.74) is 0.997. The molecule has 1 atom stereocenters. The number of ether oxygens (including phenoxy) is 2.